The Hall–Kier alpha value is -1.78. The standard InChI is InChI=1S/C15H21NO4/c1-11(5-2-3-6-13-7-4-8-20-13)16-10-12(15(18)19)9-14(16)17/h4,7-8,11-12H,2-3,5-6,9-10H2,1H3,(H,18,19). The van der Waals surface area contributed by atoms with Crippen LogP contribution in [0.3, 0.4) is 0 Å². The second-order valence-electron chi connectivity index (χ2n) is 5.46. The van der Waals surface area contributed by atoms with Crippen LogP contribution in [0.15, 0.2) is 22.8 Å². The van der Waals surface area contributed by atoms with Crippen LogP contribution in [0.25, 0.3) is 0 Å². The third kappa shape index (κ3) is 3.62. The molecule has 2 unspecified atom stereocenters. The van der Waals surface area contributed by atoms with Crippen molar-refractivity contribution >= 4 is 11.9 Å². The average molecular weight is 279 g/mol. The van der Waals surface area contributed by atoms with Crippen molar-refractivity contribution in [2.24, 2.45) is 5.92 Å². The van der Waals surface area contributed by atoms with E-state index in [-0.39, 0.29) is 18.4 Å². The fraction of sp³-hybridized carbons (Fsp3) is 0.600. The van der Waals surface area contributed by atoms with Gasteiger partial charge in [0.15, 0.2) is 0 Å². The number of hydrogen-bond acceptors (Lipinski definition) is 3. The third-order valence-corrected chi connectivity index (χ3v) is 3.91. The Bertz CT molecular complexity index is 454. The molecule has 0 aliphatic carbocycles. The van der Waals surface area contributed by atoms with Gasteiger partial charge < -0.3 is 14.4 Å². The van der Waals surface area contributed by atoms with E-state index in [0.717, 1.165) is 31.4 Å². The maximum absolute atomic E-state index is 11.8. The van der Waals surface area contributed by atoms with Crippen LogP contribution in [0, 0.1) is 5.92 Å². The zero-order valence-corrected chi connectivity index (χ0v) is 11.7. The third-order valence-electron chi connectivity index (χ3n) is 3.91. The number of likely N-dealkylation sites (tertiary alicyclic amines) is 1. The number of carbonyl (C=O) groups excluding carboxylic acids is 1. The Morgan fingerprint density at radius 1 is 1.55 bits per heavy atom. The van der Waals surface area contributed by atoms with Gasteiger partial charge in [0.1, 0.15) is 5.76 Å². The summed E-state index contributed by atoms with van der Waals surface area (Å²) in [6.07, 6.45) is 5.65. The summed E-state index contributed by atoms with van der Waals surface area (Å²) in [7, 11) is 0. The minimum absolute atomic E-state index is 0.0315. The van der Waals surface area contributed by atoms with Gasteiger partial charge in [0.2, 0.25) is 5.91 Å². The van der Waals surface area contributed by atoms with Gasteiger partial charge in [-0.3, -0.25) is 9.59 Å². The van der Waals surface area contributed by atoms with E-state index in [1.807, 2.05) is 19.1 Å². The van der Waals surface area contributed by atoms with Gasteiger partial charge in [0.05, 0.1) is 12.2 Å². The van der Waals surface area contributed by atoms with Crippen LogP contribution >= 0.6 is 0 Å². The molecule has 1 aliphatic rings. The van der Waals surface area contributed by atoms with E-state index in [2.05, 4.69) is 0 Å². The van der Waals surface area contributed by atoms with Gasteiger partial charge in [-0.2, -0.15) is 0 Å². The molecule has 110 valence electrons. The Kier molecular flexibility index (Phi) is 4.82. The van der Waals surface area contributed by atoms with Crippen LogP contribution in [-0.4, -0.2) is 34.5 Å². The lowest BCUT2D eigenvalue weighted by atomic mass is 10.1. The van der Waals surface area contributed by atoms with Crippen LogP contribution in [0.2, 0.25) is 0 Å². The van der Waals surface area contributed by atoms with Crippen LogP contribution in [0.1, 0.15) is 38.4 Å². The van der Waals surface area contributed by atoms with Crippen molar-refractivity contribution in [3.8, 4) is 0 Å². The molecule has 0 bridgehead atoms. The number of unbranched alkanes of at least 4 members (excludes halogenated alkanes) is 1. The maximum Gasteiger partial charge on any atom is 0.308 e. The first-order valence-corrected chi connectivity index (χ1v) is 7.12. The zero-order valence-electron chi connectivity index (χ0n) is 11.7. The molecule has 1 fully saturated rings. The highest BCUT2D eigenvalue weighted by molar-refractivity contribution is 5.86. The second-order valence-corrected chi connectivity index (χ2v) is 5.46. The van der Waals surface area contributed by atoms with Crippen LogP contribution in [0.4, 0.5) is 0 Å². The SMILES string of the molecule is CC(CCCCc1ccco1)N1CC(C(=O)O)CC1=O. The molecule has 5 nitrogen and oxygen atoms in total. The molecule has 1 amide bonds. The fourth-order valence-electron chi connectivity index (χ4n) is 2.67. The number of furan rings is 1. The quantitative estimate of drug-likeness (QED) is 0.777. The van der Waals surface area contributed by atoms with E-state index >= 15 is 0 Å². The summed E-state index contributed by atoms with van der Waals surface area (Å²) in [5.74, 6) is -0.448. The van der Waals surface area contributed by atoms with Gasteiger partial charge in [-0.05, 0) is 31.9 Å². The van der Waals surface area contributed by atoms with Gasteiger partial charge in [-0.25, -0.2) is 0 Å². The molecule has 20 heavy (non-hydrogen) atoms. The number of rotatable bonds is 7. The fourth-order valence-corrected chi connectivity index (χ4v) is 2.67. The zero-order chi connectivity index (χ0) is 14.5. The number of aryl methyl sites for hydroxylation is 1. The molecular weight excluding hydrogens is 258 g/mol. The van der Waals surface area contributed by atoms with Crippen molar-refractivity contribution in [1.29, 1.82) is 0 Å². The number of aliphatic carboxylic acids is 1. The van der Waals surface area contributed by atoms with Crippen molar-refractivity contribution in [3.05, 3.63) is 24.2 Å². The first-order valence-electron chi connectivity index (χ1n) is 7.12. The monoisotopic (exact) mass is 279 g/mol. The lowest BCUT2D eigenvalue weighted by Crippen LogP contribution is -2.35. The van der Waals surface area contributed by atoms with Crippen molar-refractivity contribution in [1.82, 2.24) is 4.90 Å². The van der Waals surface area contributed by atoms with E-state index in [1.54, 1.807) is 11.2 Å². The summed E-state index contributed by atoms with van der Waals surface area (Å²) >= 11 is 0. The molecule has 0 aromatic carbocycles. The molecule has 2 atom stereocenters. The van der Waals surface area contributed by atoms with Gasteiger partial charge in [0, 0.05) is 25.4 Å². The number of carboxylic acids is 1. The Labute approximate surface area is 118 Å². The molecule has 5 heteroatoms. The van der Waals surface area contributed by atoms with E-state index in [9.17, 15) is 9.59 Å². The highest BCUT2D eigenvalue weighted by Crippen LogP contribution is 2.22. The molecule has 0 spiro atoms. The summed E-state index contributed by atoms with van der Waals surface area (Å²) in [5.41, 5.74) is 0. The molecule has 1 aromatic heterocycles. The molecule has 0 saturated carbocycles. The van der Waals surface area contributed by atoms with Crippen LogP contribution in [-0.2, 0) is 16.0 Å². The average Bonchev–Trinajstić information content (AvgIpc) is 3.03. The maximum atomic E-state index is 11.8. The minimum Gasteiger partial charge on any atom is -0.481 e. The normalized spacial score (nSPS) is 20.4. The van der Waals surface area contributed by atoms with Gasteiger partial charge >= 0.3 is 5.97 Å². The Morgan fingerprint density at radius 2 is 2.35 bits per heavy atom. The summed E-state index contributed by atoms with van der Waals surface area (Å²) in [6, 6.07) is 3.96. The van der Waals surface area contributed by atoms with E-state index in [4.69, 9.17) is 9.52 Å². The first kappa shape index (κ1) is 14.6. The first-order chi connectivity index (χ1) is 9.58. The number of nitrogens with zero attached hydrogens (tertiary/aromatic N) is 1. The van der Waals surface area contributed by atoms with Crippen molar-refractivity contribution in [3.63, 3.8) is 0 Å². The lowest BCUT2D eigenvalue weighted by Gasteiger charge is -2.24. The summed E-state index contributed by atoms with van der Waals surface area (Å²) in [6.45, 7) is 2.35. The molecule has 2 heterocycles. The van der Waals surface area contributed by atoms with Gasteiger partial charge in [0.25, 0.3) is 0 Å². The minimum atomic E-state index is -0.870. The number of amides is 1. The van der Waals surface area contributed by atoms with E-state index in [0.29, 0.717) is 6.54 Å². The summed E-state index contributed by atoms with van der Waals surface area (Å²) < 4.78 is 5.27. The van der Waals surface area contributed by atoms with Crippen LogP contribution in [0.5, 0.6) is 0 Å². The predicted octanol–water partition coefficient (Wildman–Crippen LogP) is 2.31. The largest absolute Gasteiger partial charge is 0.481 e. The van der Waals surface area contributed by atoms with Crippen LogP contribution < -0.4 is 0 Å². The molecule has 1 N–H and O–H groups in total. The molecule has 1 aromatic rings. The smallest absolute Gasteiger partial charge is 0.308 e. The number of carboxylic acid groups (broad SMARTS) is 1. The van der Waals surface area contributed by atoms with E-state index < -0.39 is 11.9 Å². The van der Waals surface area contributed by atoms with Crippen molar-refractivity contribution in [2.75, 3.05) is 6.54 Å². The van der Waals surface area contributed by atoms with E-state index in [1.165, 1.54) is 0 Å². The summed E-state index contributed by atoms with van der Waals surface area (Å²) in [4.78, 5) is 24.4. The molecule has 1 saturated heterocycles. The number of carbonyl (C=O) groups is 2. The molecule has 1 aliphatic heterocycles. The predicted molar refractivity (Wildman–Crippen MR) is 73.2 cm³/mol. The second kappa shape index (κ2) is 6.59. The van der Waals surface area contributed by atoms with Crippen molar-refractivity contribution in [2.45, 2.75) is 45.1 Å². The summed E-state index contributed by atoms with van der Waals surface area (Å²) in [5, 5.41) is 8.96. The van der Waals surface area contributed by atoms with Gasteiger partial charge in [-0.15, -0.1) is 0 Å². The van der Waals surface area contributed by atoms with Gasteiger partial charge in [-0.1, -0.05) is 6.42 Å². The Balaban J connectivity index is 1.70. The topological polar surface area (TPSA) is 70.8 Å². The highest BCUT2D eigenvalue weighted by Gasteiger charge is 2.36. The lowest BCUT2D eigenvalue weighted by molar-refractivity contribution is -0.141. The number of hydrogen-bond donors (Lipinski definition) is 1. The molecular formula is C15H21NO4. The Morgan fingerprint density at radius 3 is 2.95 bits per heavy atom. The molecule has 2 rings (SSSR count). The highest BCUT2D eigenvalue weighted by atomic mass is 16.4. The van der Waals surface area contributed by atoms with Crippen molar-refractivity contribution < 1.29 is 19.1 Å². The molecule has 0 radical (unpaired) electrons.